The number of rotatable bonds is 2. The van der Waals surface area contributed by atoms with Crippen molar-refractivity contribution in [2.24, 2.45) is 5.73 Å². The topological polar surface area (TPSA) is 35.2 Å². The molecule has 0 saturated heterocycles. The van der Waals surface area contributed by atoms with Crippen LogP contribution in [0.5, 0.6) is 5.75 Å². The molecule has 1 aromatic rings. The van der Waals surface area contributed by atoms with Crippen molar-refractivity contribution in [1.29, 1.82) is 0 Å². The first-order chi connectivity index (χ1) is 8.81. The van der Waals surface area contributed by atoms with E-state index in [9.17, 15) is 0 Å². The summed E-state index contributed by atoms with van der Waals surface area (Å²) >= 11 is 0. The van der Waals surface area contributed by atoms with Gasteiger partial charge < -0.3 is 10.5 Å². The van der Waals surface area contributed by atoms with Crippen molar-refractivity contribution in [1.82, 2.24) is 0 Å². The number of nitrogens with two attached hydrogens (primary N) is 1. The van der Waals surface area contributed by atoms with Gasteiger partial charge in [0.25, 0.3) is 0 Å². The molecule has 0 aromatic heterocycles. The van der Waals surface area contributed by atoms with Crippen molar-refractivity contribution in [2.75, 3.05) is 6.61 Å². The predicted molar refractivity (Wildman–Crippen MR) is 73.9 cm³/mol. The molecule has 0 unspecified atom stereocenters. The fourth-order valence-electron chi connectivity index (χ4n) is 2.84. The summed E-state index contributed by atoms with van der Waals surface area (Å²) in [6, 6.07) is 7.04. The quantitative estimate of drug-likeness (QED) is 0.810. The number of hydrogen-bond donors (Lipinski definition) is 1. The Labute approximate surface area is 109 Å². The molecule has 0 amide bonds. The van der Waals surface area contributed by atoms with Crippen LogP contribution in [0.3, 0.4) is 0 Å². The monoisotopic (exact) mass is 243 g/mol. The number of hydrogen-bond acceptors (Lipinski definition) is 2. The van der Waals surface area contributed by atoms with Crippen molar-refractivity contribution in [3.05, 3.63) is 41.0 Å². The molecule has 0 bridgehead atoms. The summed E-state index contributed by atoms with van der Waals surface area (Å²) in [4.78, 5) is 0. The Morgan fingerprint density at radius 3 is 2.89 bits per heavy atom. The lowest BCUT2D eigenvalue weighted by molar-refractivity contribution is 0.357. The molecule has 2 N–H and O–H groups in total. The molecular weight excluding hydrogens is 222 g/mol. The zero-order valence-corrected chi connectivity index (χ0v) is 10.8. The van der Waals surface area contributed by atoms with Gasteiger partial charge in [0.1, 0.15) is 5.75 Å². The summed E-state index contributed by atoms with van der Waals surface area (Å²) in [6.45, 7) is 0.845. The van der Waals surface area contributed by atoms with Crippen LogP contribution in [0, 0.1) is 0 Å². The second kappa shape index (κ2) is 5.15. The summed E-state index contributed by atoms with van der Waals surface area (Å²) in [5, 5.41) is 0. The number of fused-ring (bicyclic) bond motifs is 1. The molecule has 1 heterocycles. The van der Waals surface area contributed by atoms with E-state index in [0.29, 0.717) is 6.04 Å². The third-order valence-corrected chi connectivity index (χ3v) is 4.05. The second-order valence-corrected chi connectivity index (χ2v) is 5.44. The van der Waals surface area contributed by atoms with Crippen LogP contribution in [0.1, 0.15) is 36.8 Å². The molecule has 0 radical (unpaired) electrons. The van der Waals surface area contributed by atoms with Crippen molar-refractivity contribution >= 4 is 0 Å². The molecule has 1 aromatic carbocycles. The molecule has 0 atom stereocenters. The highest BCUT2D eigenvalue weighted by Crippen LogP contribution is 2.27. The van der Waals surface area contributed by atoms with E-state index in [1.807, 2.05) is 0 Å². The maximum Gasteiger partial charge on any atom is 0.122 e. The van der Waals surface area contributed by atoms with Crippen LogP contribution in [-0.4, -0.2) is 12.6 Å². The Balaban J connectivity index is 1.64. The minimum atomic E-state index is 0.430. The minimum Gasteiger partial charge on any atom is -0.493 e. The first-order valence-electron chi connectivity index (χ1n) is 6.99. The Kier molecular flexibility index (Phi) is 3.37. The van der Waals surface area contributed by atoms with E-state index in [0.717, 1.165) is 38.0 Å². The van der Waals surface area contributed by atoms with Crippen LogP contribution >= 0.6 is 0 Å². The van der Waals surface area contributed by atoms with E-state index in [1.165, 1.54) is 24.0 Å². The summed E-state index contributed by atoms with van der Waals surface area (Å²) in [6.07, 6.45) is 9.22. The maximum atomic E-state index is 5.92. The van der Waals surface area contributed by atoms with Crippen LogP contribution in [0.25, 0.3) is 0 Å². The highest BCUT2D eigenvalue weighted by molar-refractivity contribution is 5.40. The van der Waals surface area contributed by atoms with E-state index < -0.39 is 0 Å². The normalized spacial score (nSPS) is 22.5. The number of ether oxygens (including phenoxy) is 1. The zero-order valence-electron chi connectivity index (χ0n) is 10.8. The average Bonchev–Trinajstić information content (AvgIpc) is 2.85. The summed E-state index contributed by atoms with van der Waals surface area (Å²) in [7, 11) is 0. The van der Waals surface area contributed by atoms with E-state index in [4.69, 9.17) is 10.5 Å². The molecule has 2 heteroatoms. The molecule has 1 saturated carbocycles. The predicted octanol–water partition coefficient (Wildman–Crippen LogP) is 2.99. The van der Waals surface area contributed by atoms with Crippen LogP contribution in [-0.2, 0) is 12.8 Å². The Morgan fingerprint density at radius 1 is 1.22 bits per heavy atom. The van der Waals surface area contributed by atoms with Gasteiger partial charge in [0.15, 0.2) is 0 Å². The summed E-state index contributed by atoms with van der Waals surface area (Å²) in [5.74, 6) is 1.08. The van der Waals surface area contributed by atoms with Gasteiger partial charge in [-0.25, -0.2) is 0 Å². The minimum absolute atomic E-state index is 0.430. The van der Waals surface area contributed by atoms with Crippen molar-refractivity contribution in [2.45, 2.75) is 44.6 Å². The molecule has 0 spiro atoms. The fourth-order valence-corrected chi connectivity index (χ4v) is 2.84. The first kappa shape index (κ1) is 11.8. The second-order valence-electron chi connectivity index (χ2n) is 5.44. The molecule has 18 heavy (non-hydrogen) atoms. The SMILES string of the molecule is NC1CCC(=CCc2ccc3c(c2)CCO3)CC1. The highest BCUT2D eigenvalue weighted by atomic mass is 16.5. The van der Waals surface area contributed by atoms with Gasteiger partial charge in [-0.05, 0) is 49.3 Å². The van der Waals surface area contributed by atoms with E-state index in [1.54, 1.807) is 5.57 Å². The fraction of sp³-hybridized carbons (Fsp3) is 0.500. The standard InChI is InChI=1S/C16H21NO/c17-15-6-3-12(4-7-15)1-2-13-5-8-16-14(11-13)9-10-18-16/h1,5,8,11,15H,2-4,6-7,9-10,17H2. The Morgan fingerprint density at radius 2 is 2.06 bits per heavy atom. The summed E-state index contributed by atoms with van der Waals surface area (Å²) in [5.41, 5.74) is 10.3. The largest absolute Gasteiger partial charge is 0.493 e. The third-order valence-electron chi connectivity index (χ3n) is 4.05. The van der Waals surface area contributed by atoms with Gasteiger partial charge in [-0.15, -0.1) is 0 Å². The number of benzene rings is 1. The van der Waals surface area contributed by atoms with Gasteiger partial charge in [0.05, 0.1) is 6.61 Å². The Bertz CT molecular complexity index is 454. The van der Waals surface area contributed by atoms with Crippen LogP contribution in [0.2, 0.25) is 0 Å². The van der Waals surface area contributed by atoms with Crippen LogP contribution in [0.4, 0.5) is 0 Å². The Hall–Kier alpha value is -1.28. The lowest BCUT2D eigenvalue weighted by Crippen LogP contribution is -2.23. The van der Waals surface area contributed by atoms with Gasteiger partial charge in [-0.3, -0.25) is 0 Å². The van der Waals surface area contributed by atoms with Crippen LogP contribution < -0.4 is 10.5 Å². The molecule has 96 valence electrons. The molecule has 2 nitrogen and oxygen atoms in total. The van der Waals surface area contributed by atoms with Gasteiger partial charge >= 0.3 is 0 Å². The van der Waals surface area contributed by atoms with Gasteiger partial charge in [0.2, 0.25) is 0 Å². The summed E-state index contributed by atoms with van der Waals surface area (Å²) < 4.78 is 5.53. The molecule has 1 aliphatic heterocycles. The van der Waals surface area contributed by atoms with Crippen molar-refractivity contribution in [3.63, 3.8) is 0 Å². The zero-order chi connectivity index (χ0) is 12.4. The van der Waals surface area contributed by atoms with E-state index in [-0.39, 0.29) is 0 Å². The van der Waals surface area contributed by atoms with E-state index in [2.05, 4.69) is 24.3 Å². The molecule has 2 aliphatic rings. The van der Waals surface area contributed by atoms with Gasteiger partial charge in [-0.1, -0.05) is 23.8 Å². The third kappa shape index (κ3) is 2.59. The lowest BCUT2D eigenvalue weighted by atomic mass is 9.90. The maximum absolute atomic E-state index is 5.92. The molecule has 1 fully saturated rings. The lowest BCUT2D eigenvalue weighted by Gasteiger charge is -2.20. The average molecular weight is 243 g/mol. The molecule has 3 rings (SSSR count). The van der Waals surface area contributed by atoms with Crippen molar-refractivity contribution < 1.29 is 4.74 Å². The van der Waals surface area contributed by atoms with Gasteiger partial charge in [0, 0.05) is 12.5 Å². The van der Waals surface area contributed by atoms with Crippen LogP contribution in [0.15, 0.2) is 29.8 Å². The molecule has 1 aliphatic carbocycles. The highest BCUT2D eigenvalue weighted by Gasteiger charge is 2.13. The first-order valence-corrected chi connectivity index (χ1v) is 6.99. The molecular formula is C16H21NO. The number of allylic oxidation sites excluding steroid dienone is 2. The van der Waals surface area contributed by atoms with E-state index >= 15 is 0 Å². The van der Waals surface area contributed by atoms with Gasteiger partial charge in [-0.2, -0.15) is 0 Å². The smallest absolute Gasteiger partial charge is 0.122 e. The van der Waals surface area contributed by atoms with Crippen molar-refractivity contribution in [3.8, 4) is 5.75 Å².